The molecule has 2 heterocycles. The number of aliphatic hydroxyl groups excluding tert-OH is 1. The van der Waals surface area contributed by atoms with Gasteiger partial charge in [-0.1, -0.05) is 16.8 Å². The molecule has 0 aliphatic carbocycles. The maximum Gasteiger partial charge on any atom is 0.179 e. The van der Waals surface area contributed by atoms with Crippen molar-refractivity contribution in [2.75, 3.05) is 19.8 Å². The van der Waals surface area contributed by atoms with Crippen molar-refractivity contribution < 1.29 is 19.4 Å². The molecule has 1 unspecified atom stereocenters. The lowest BCUT2D eigenvalue weighted by Crippen LogP contribution is -2.12. The maximum atomic E-state index is 9.05. The summed E-state index contributed by atoms with van der Waals surface area (Å²) in [5.74, 6) is 1.22. The third-order valence-electron chi connectivity index (χ3n) is 3.07. The summed E-state index contributed by atoms with van der Waals surface area (Å²) in [4.78, 5) is 5.10. The fraction of sp³-hybridized carbons (Fsp3) is 0.462. The molecule has 0 amide bonds. The van der Waals surface area contributed by atoms with Crippen LogP contribution in [0.3, 0.4) is 0 Å². The second-order valence-electron chi connectivity index (χ2n) is 4.49. The smallest absolute Gasteiger partial charge is 0.179 e. The van der Waals surface area contributed by atoms with E-state index in [0.29, 0.717) is 36.2 Å². The van der Waals surface area contributed by atoms with E-state index in [0.717, 1.165) is 17.7 Å². The van der Waals surface area contributed by atoms with Crippen LogP contribution in [0.25, 0.3) is 0 Å². The van der Waals surface area contributed by atoms with Gasteiger partial charge >= 0.3 is 0 Å². The third kappa shape index (κ3) is 2.48. The first-order valence-electron chi connectivity index (χ1n) is 6.21. The van der Waals surface area contributed by atoms with Crippen LogP contribution in [0.5, 0.6) is 11.5 Å². The first-order valence-corrected chi connectivity index (χ1v) is 6.59. The van der Waals surface area contributed by atoms with Crippen LogP contribution < -0.4 is 9.47 Å². The Morgan fingerprint density at radius 2 is 2.16 bits per heavy atom. The fourth-order valence-corrected chi connectivity index (χ4v) is 2.36. The number of halogens is 1. The largest absolute Gasteiger partial charge is 0.489 e. The van der Waals surface area contributed by atoms with Crippen molar-refractivity contribution in [1.29, 1.82) is 0 Å². The molecular formula is C13H14ClNO4. The van der Waals surface area contributed by atoms with Gasteiger partial charge in [0.25, 0.3) is 0 Å². The van der Waals surface area contributed by atoms with Crippen molar-refractivity contribution in [3.8, 4) is 11.5 Å². The quantitative estimate of drug-likeness (QED) is 0.902. The number of hydrogen-bond donors (Lipinski definition) is 1. The van der Waals surface area contributed by atoms with Crippen LogP contribution >= 0.6 is 11.6 Å². The van der Waals surface area contributed by atoms with Gasteiger partial charge in [-0.15, -0.1) is 0 Å². The molecule has 0 spiro atoms. The standard InChI is InChI=1S/C13H14ClNO4/c14-10-4-8(11-6-9(7-16)19-15-11)5-12-13(10)18-3-1-2-17-12/h4-5,9,16H,1-3,6-7H2. The Bertz CT molecular complexity index is 518. The molecule has 0 bridgehead atoms. The number of benzene rings is 1. The predicted octanol–water partition coefficient (Wildman–Crippen LogP) is 1.99. The number of rotatable bonds is 2. The van der Waals surface area contributed by atoms with Gasteiger partial charge in [0.15, 0.2) is 17.6 Å². The van der Waals surface area contributed by atoms with Crippen LogP contribution in [-0.2, 0) is 4.84 Å². The predicted molar refractivity (Wildman–Crippen MR) is 70.2 cm³/mol. The summed E-state index contributed by atoms with van der Waals surface area (Å²) in [6, 6.07) is 3.64. The summed E-state index contributed by atoms with van der Waals surface area (Å²) in [5.41, 5.74) is 1.60. The molecule has 0 aromatic heterocycles. The van der Waals surface area contributed by atoms with Crippen molar-refractivity contribution in [2.24, 2.45) is 5.16 Å². The van der Waals surface area contributed by atoms with Gasteiger partial charge in [0.2, 0.25) is 0 Å². The summed E-state index contributed by atoms with van der Waals surface area (Å²) in [6.07, 6.45) is 1.12. The van der Waals surface area contributed by atoms with Crippen molar-refractivity contribution in [3.05, 3.63) is 22.7 Å². The van der Waals surface area contributed by atoms with E-state index in [4.69, 9.17) is 31.0 Å². The number of aliphatic hydroxyl groups is 1. The van der Waals surface area contributed by atoms with E-state index in [1.54, 1.807) is 6.07 Å². The van der Waals surface area contributed by atoms with Crippen LogP contribution in [0.4, 0.5) is 0 Å². The lowest BCUT2D eigenvalue weighted by atomic mass is 10.0. The van der Waals surface area contributed by atoms with Gasteiger partial charge in [-0.2, -0.15) is 0 Å². The van der Waals surface area contributed by atoms with E-state index in [1.165, 1.54) is 0 Å². The highest BCUT2D eigenvalue weighted by molar-refractivity contribution is 6.32. The normalized spacial score (nSPS) is 21.6. The Morgan fingerprint density at radius 1 is 1.32 bits per heavy atom. The molecule has 1 atom stereocenters. The Kier molecular flexibility index (Phi) is 3.48. The molecule has 6 heteroatoms. The van der Waals surface area contributed by atoms with Gasteiger partial charge in [-0.25, -0.2) is 0 Å². The van der Waals surface area contributed by atoms with E-state index >= 15 is 0 Å². The van der Waals surface area contributed by atoms with Crippen LogP contribution in [0, 0.1) is 0 Å². The highest BCUT2D eigenvalue weighted by Crippen LogP contribution is 2.38. The Hall–Kier alpha value is -1.46. The molecular weight excluding hydrogens is 270 g/mol. The minimum Gasteiger partial charge on any atom is -0.489 e. The number of ether oxygens (including phenoxy) is 2. The average Bonchev–Trinajstić information content (AvgIpc) is 2.77. The minimum atomic E-state index is -0.273. The first-order chi connectivity index (χ1) is 9.28. The third-order valence-corrected chi connectivity index (χ3v) is 3.35. The summed E-state index contributed by atoms with van der Waals surface area (Å²) >= 11 is 6.22. The Morgan fingerprint density at radius 3 is 2.95 bits per heavy atom. The van der Waals surface area contributed by atoms with Crippen LogP contribution in [0.2, 0.25) is 5.02 Å². The molecule has 3 rings (SSSR count). The van der Waals surface area contributed by atoms with Crippen molar-refractivity contribution in [2.45, 2.75) is 18.9 Å². The van der Waals surface area contributed by atoms with Gasteiger partial charge in [0, 0.05) is 18.4 Å². The zero-order chi connectivity index (χ0) is 13.2. The van der Waals surface area contributed by atoms with Crippen LogP contribution in [0.1, 0.15) is 18.4 Å². The average molecular weight is 284 g/mol. The first kappa shape index (κ1) is 12.6. The van der Waals surface area contributed by atoms with Gasteiger partial charge < -0.3 is 19.4 Å². The van der Waals surface area contributed by atoms with Gasteiger partial charge in [-0.05, 0) is 12.1 Å². The highest BCUT2D eigenvalue weighted by atomic mass is 35.5. The van der Waals surface area contributed by atoms with Crippen molar-refractivity contribution in [1.82, 2.24) is 0 Å². The molecule has 2 aliphatic heterocycles. The molecule has 2 aliphatic rings. The molecule has 0 fully saturated rings. The molecule has 0 saturated carbocycles. The van der Waals surface area contributed by atoms with Crippen molar-refractivity contribution in [3.63, 3.8) is 0 Å². The SMILES string of the molecule is OCC1CC(c2cc(Cl)c3c(c2)OCCCO3)=NO1. The zero-order valence-corrected chi connectivity index (χ0v) is 11.0. The van der Waals surface area contributed by atoms with Crippen LogP contribution in [0.15, 0.2) is 17.3 Å². The summed E-state index contributed by atoms with van der Waals surface area (Å²) < 4.78 is 11.2. The molecule has 0 radical (unpaired) electrons. The van der Waals surface area contributed by atoms with Gasteiger partial charge in [0.05, 0.1) is 30.6 Å². The van der Waals surface area contributed by atoms with Gasteiger partial charge in [0.1, 0.15) is 0 Å². The van der Waals surface area contributed by atoms with E-state index in [-0.39, 0.29) is 12.7 Å². The number of fused-ring (bicyclic) bond motifs is 1. The van der Waals surface area contributed by atoms with E-state index in [9.17, 15) is 0 Å². The Labute approximate surface area is 115 Å². The summed E-state index contributed by atoms with van der Waals surface area (Å²) in [5, 5.41) is 13.5. The second kappa shape index (κ2) is 5.27. The second-order valence-corrected chi connectivity index (χ2v) is 4.90. The van der Waals surface area contributed by atoms with E-state index < -0.39 is 0 Å². The molecule has 1 aromatic rings. The molecule has 1 N–H and O–H groups in total. The molecule has 102 valence electrons. The fourth-order valence-electron chi connectivity index (χ4n) is 2.09. The minimum absolute atomic E-state index is 0.0503. The molecule has 5 nitrogen and oxygen atoms in total. The lowest BCUT2D eigenvalue weighted by Gasteiger charge is -2.11. The summed E-state index contributed by atoms with van der Waals surface area (Å²) in [6.45, 7) is 1.16. The zero-order valence-electron chi connectivity index (χ0n) is 10.3. The monoisotopic (exact) mass is 283 g/mol. The topological polar surface area (TPSA) is 60.3 Å². The number of nitrogens with zero attached hydrogens (tertiary/aromatic N) is 1. The maximum absolute atomic E-state index is 9.05. The summed E-state index contributed by atoms with van der Waals surface area (Å²) in [7, 11) is 0. The molecule has 0 saturated heterocycles. The van der Waals surface area contributed by atoms with E-state index in [2.05, 4.69) is 5.16 Å². The van der Waals surface area contributed by atoms with Gasteiger partial charge in [-0.3, -0.25) is 0 Å². The molecule has 19 heavy (non-hydrogen) atoms. The Balaban J connectivity index is 1.92. The number of hydrogen-bond acceptors (Lipinski definition) is 5. The molecule has 1 aromatic carbocycles. The lowest BCUT2D eigenvalue weighted by molar-refractivity contribution is 0.0390. The highest BCUT2D eigenvalue weighted by Gasteiger charge is 2.24. The van der Waals surface area contributed by atoms with E-state index in [1.807, 2.05) is 6.07 Å². The van der Waals surface area contributed by atoms with Crippen LogP contribution in [-0.4, -0.2) is 36.7 Å². The number of oxime groups is 1. The van der Waals surface area contributed by atoms with Crippen molar-refractivity contribution >= 4 is 17.3 Å².